The van der Waals surface area contributed by atoms with Crippen LogP contribution in [0.4, 0.5) is 13.2 Å². The molecular weight excluding hydrogens is 249 g/mol. The number of halogens is 3. The Labute approximate surface area is 91.6 Å². The fraction of sp³-hybridized carbons (Fsp3) is 1.00. The summed E-state index contributed by atoms with van der Waals surface area (Å²) in [6, 6.07) is 0. The van der Waals surface area contributed by atoms with Crippen LogP contribution >= 0.6 is 0 Å². The van der Waals surface area contributed by atoms with Crippen molar-refractivity contribution in [2.45, 2.75) is 11.6 Å². The SMILES string of the molecule is CNC[C@@H]1CN(S(=O)(=O)C(F)(F)F)CCO1. The Morgan fingerprint density at radius 2 is 2.12 bits per heavy atom. The Morgan fingerprint density at radius 3 is 2.62 bits per heavy atom. The first-order valence-corrected chi connectivity index (χ1v) is 6.05. The van der Waals surface area contributed by atoms with Gasteiger partial charge >= 0.3 is 15.5 Å². The smallest absolute Gasteiger partial charge is 0.374 e. The van der Waals surface area contributed by atoms with E-state index in [0.717, 1.165) is 0 Å². The molecule has 1 aliphatic rings. The zero-order valence-electron chi connectivity index (χ0n) is 8.62. The lowest BCUT2D eigenvalue weighted by Gasteiger charge is -2.32. The number of alkyl halides is 3. The van der Waals surface area contributed by atoms with Crippen LogP contribution in [0.1, 0.15) is 0 Å². The van der Waals surface area contributed by atoms with Gasteiger partial charge in [-0.3, -0.25) is 0 Å². The fourth-order valence-electron chi connectivity index (χ4n) is 1.41. The summed E-state index contributed by atoms with van der Waals surface area (Å²) in [5.74, 6) is 0. The predicted octanol–water partition coefficient (Wildman–Crippen LogP) is -0.244. The van der Waals surface area contributed by atoms with E-state index in [4.69, 9.17) is 4.74 Å². The Kier molecular flexibility index (Phi) is 4.16. The molecule has 1 rings (SSSR count). The molecule has 1 heterocycles. The number of sulfonamides is 1. The lowest BCUT2D eigenvalue weighted by molar-refractivity contribution is -0.0566. The maximum Gasteiger partial charge on any atom is 0.511 e. The van der Waals surface area contributed by atoms with Gasteiger partial charge in [0.1, 0.15) is 0 Å². The summed E-state index contributed by atoms with van der Waals surface area (Å²) in [5.41, 5.74) is -5.24. The van der Waals surface area contributed by atoms with Gasteiger partial charge in [0, 0.05) is 19.6 Å². The normalized spacial score (nSPS) is 24.6. The number of nitrogens with one attached hydrogen (secondary N) is 1. The Morgan fingerprint density at radius 1 is 1.50 bits per heavy atom. The molecule has 0 spiro atoms. The maximum atomic E-state index is 12.2. The lowest BCUT2D eigenvalue weighted by Crippen LogP contribution is -2.51. The molecule has 0 aromatic carbocycles. The van der Waals surface area contributed by atoms with E-state index in [2.05, 4.69) is 5.32 Å². The first kappa shape index (κ1) is 13.7. The van der Waals surface area contributed by atoms with Crippen molar-refractivity contribution in [1.82, 2.24) is 9.62 Å². The summed E-state index contributed by atoms with van der Waals surface area (Å²) < 4.78 is 64.4. The van der Waals surface area contributed by atoms with Crippen molar-refractivity contribution in [2.75, 3.05) is 33.3 Å². The Bertz CT molecular complexity index is 328. The number of ether oxygens (including phenoxy) is 1. The molecule has 0 radical (unpaired) electrons. The number of hydrogen-bond acceptors (Lipinski definition) is 4. The van der Waals surface area contributed by atoms with E-state index in [1.165, 1.54) is 0 Å². The van der Waals surface area contributed by atoms with E-state index in [1.807, 2.05) is 0 Å². The standard InChI is InChI=1S/C7H13F3N2O3S/c1-11-4-6-5-12(2-3-15-6)16(13,14)7(8,9)10/h6,11H,2-5H2,1H3/t6-/m1/s1. The van der Waals surface area contributed by atoms with Crippen molar-refractivity contribution in [3.05, 3.63) is 0 Å². The summed E-state index contributed by atoms with van der Waals surface area (Å²) >= 11 is 0. The van der Waals surface area contributed by atoms with Crippen LogP contribution in [0, 0.1) is 0 Å². The molecule has 0 saturated carbocycles. The number of rotatable bonds is 3. The first-order chi connectivity index (χ1) is 7.29. The largest absolute Gasteiger partial charge is 0.511 e. The molecule has 9 heteroatoms. The zero-order valence-corrected chi connectivity index (χ0v) is 9.44. The van der Waals surface area contributed by atoms with Crippen LogP contribution < -0.4 is 5.32 Å². The predicted molar refractivity (Wildman–Crippen MR) is 50.2 cm³/mol. The zero-order chi connectivity index (χ0) is 12.4. The highest BCUT2D eigenvalue weighted by molar-refractivity contribution is 7.90. The molecule has 0 unspecified atom stereocenters. The molecule has 0 aromatic heterocycles. The average Bonchev–Trinajstić information content (AvgIpc) is 2.17. The second-order valence-corrected chi connectivity index (χ2v) is 5.29. The van der Waals surface area contributed by atoms with Crippen LogP contribution in [0.5, 0.6) is 0 Å². The van der Waals surface area contributed by atoms with E-state index >= 15 is 0 Å². The van der Waals surface area contributed by atoms with Crippen molar-refractivity contribution < 1.29 is 26.3 Å². The molecule has 1 aliphatic heterocycles. The summed E-state index contributed by atoms with van der Waals surface area (Å²) in [5, 5.41) is 2.72. The molecule has 96 valence electrons. The fourth-order valence-corrected chi connectivity index (χ4v) is 2.38. The summed E-state index contributed by atoms with van der Waals surface area (Å²) in [6.07, 6.45) is -0.545. The molecule has 1 saturated heterocycles. The van der Waals surface area contributed by atoms with Gasteiger partial charge < -0.3 is 10.1 Å². The lowest BCUT2D eigenvalue weighted by atomic mass is 10.3. The van der Waals surface area contributed by atoms with E-state index in [0.29, 0.717) is 10.8 Å². The van der Waals surface area contributed by atoms with Gasteiger partial charge in [0.05, 0.1) is 12.7 Å². The minimum atomic E-state index is -5.24. The van der Waals surface area contributed by atoms with Crippen molar-refractivity contribution in [3.63, 3.8) is 0 Å². The summed E-state index contributed by atoms with van der Waals surface area (Å²) in [6.45, 7) is -0.254. The monoisotopic (exact) mass is 262 g/mol. The van der Waals surface area contributed by atoms with Crippen molar-refractivity contribution in [3.8, 4) is 0 Å². The molecule has 1 atom stereocenters. The highest BCUT2D eigenvalue weighted by Gasteiger charge is 2.50. The highest BCUT2D eigenvalue weighted by atomic mass is 32.2. The van der Waals surface area contributed by atoms with Gasteiger partial charge in [-0.05, 0) is 7.05 Å². The van der Waals surface area contributed by atoms with Crippen LogP contribution in [-0.4, -0.2) is 57.6 Å². The molecule has 0 amide bonds. The van der Waals surface area contributed by atoms with Crippen LogP contribution in [0.3, 0.4) is 0 Å². The van der Waals surface area contributed by atoms with E-state index in [1.54, 1.807) is 7.05 Å². The van der Waals surface area contributed by atoms with E-state index in [-0.39, 0.29) is 19.7 Å². The molecular formula is C7H13F3N2O3S. The minimum absolute atomic E-state index is 0.0261. The maximum absolute atomic E-state index is 12.2. The number of hydrogen-bond donors (Lipinski definition) is 1. The van der Waals surface area contributed by atoms with Gasteiger partial charge in [0.15, 0.2) is 0 Å². The first-order valence-electron chi connectivity index (χ1n) is 4.61. The Balaban J connectivity index is 2.74. The number of nitrogens with zero attached hydrogens (tertiary/aromatic N) is 1. The third-order valence-corrected chi connectivity index (χ3v) is 3.76. The molecule has 1 fully saturated rings. The van der Waals surface area contributed by atoms with Crippen molar-refractivity contribution >= 4 is 10.0 Å². The van der Waals surface area contributed by atoms with Gasteiger partial charge in [-0.1, -0.05) is 0 Å². The minimum Gasteiger partial charge on any atom is -0.374 e. The Hall–Kier alpha value is -0.380. The van der Waals surface area contributed by atoms with Gasteiger partial charge in [0.2, 0.25) is 0 Å². The van der Waals surface area contributed by atoms with Gasteiger partial charge in [0.25, 0.3) is 0 Å². The highest BCUT2D eigenvalue weighted by Crippen LogP contribution is 2.27. The third-order valence-electron chi connectivity index (χ3n) is 2.17. The molecule has 0 aliphatic carbocycles. The summed E-state index contributed by atoms with van der Waals surface area (Å²) in [4.78, 5) is 0. The van der Waals surface area contributed by atoms with Gasteiger partial charge in [-0.25, -0.2) is 8.42 Å². The molecule has 5 nitrogen and oxygen atoms in total. The summed E-state index contributed by atoms with van der Waals surface area (Å²) in [7, 11) is -3.61. The number of morpholine rings is 1. The van der Waals surface area contributed by atoms with Crippen molar-refractivity contribution in [1.29, 1.82) is 0 Å². The second kappa shape index (κ2) is 4.86. The average molecular weight is 262 g/mol. The van der Waals surface area contributed by atoms with Gasteiger partial charge in [-0.15, -0.1) is 0 Å². The molecule has 0 aromatic rings. The second-order valence-electron chi connectivity index (χ2n) is 3.36. The van der Waals surface area contributed by atoms with E-state index < -0.39 is 21.6 Å². The van der Waals surface area contributed by atoms with Crippen molar-refractivity contribution in [2.24, 2.45) is 0 Å². The topological polar surface area (TPSA) is 58.6 Å². The molecule has 0 bridgehead atoms. The number of likely N-dealkylation sites (N-methyl/N-ethyl adjacent to an activating group) is 1. The molecule has 16 heavy (non-hydrogen) atoms. The third kappa shape index (κ3) is 2.84. The van der Waals surface area contributed by atoms with Crippen LogP contribution in [0.15, 0.2) is 0 Å². The van der Waals surface area contributed by atoms with E-state index in [9.17, 15) is 21.6 Å². The van der Waals surface area contributed by atoms with Crippen LogP contribution in [0.25, 0.3) is 0 Å². The molecule has 1 N–H and O–H groups in total. The van der Waals surface area contributed by atoms with Crippen LogP contribution in [0.2, 0.25) is 0 Å². The van der Waals surface area contributed by atoms with Crippen LogP contribution in [-0.2, 0) is 14.8 Å². The van der Waals surface area contributed by atoms with Gasteiger partial charge in [-0.2, -0.15) is 17.5 Å². The quantitative estimate of drug-likeness (QED) is 0.762.